The molecule has 0 heterocycles. The van der Waals surface area contributed by atoms with Crippen LogP contribution in [0.1, 0.15) is 30.4 Å². The maximum absolute atomic E-state index is 12.3. The second-order valence-corrected chi connectivity index (χ2v) is 7.87. The summed E-state index contributed by atoms with van der Waals surface area (Å²) in [6, 6.07) is 7.29. The van der Waals surface area contributed by atoms with Crippen molar-refractivity contribution >= 4 is 15.8 Å². The number of methoxy groups -OCH3 is 1. The number of hydrogen-bond donors (Lipinski definition) is 1. The molecule has 6 heteroatoms. The van der Waals surface area contributed by atoms with Crippen LogP contribution >= 0.6 is 0 Å². The van der Waals surface area contributed by atoms with Crippen molar-refractivity contribution in [3.8, 4) is 0 Å². The zero-order valence-corrected chi connectivity index (χ0v) is 13.0. The summed E-state index contributed by atoms with van der Waals surface area (Å²) in [4.78, 5) is 11.4. The van der Waals surface area contributed by atoms with Gasteiger partial charge >= 0.3 is 5.97 Å². The molecular weight excluding hydrogens is 290 g/mol. The van der Waals surface area contributed by atoms with Crippen LogP contribution in [0.5, 0.6) is 0 Å². The quantitative estimate of drug-likeness (QED) is 0.769. The minimum atomic E-state index is -3.26. The smallest absolute Gasteiger partial charge is 0.306 e. The first-order chi connectivity index (χ1) is 9.88. The van der Waals surface area contributed by atoms with E-state index in [-0.39, 0.29) is 23.9 Å². The molecule has 1 aliphatic carbocycles. The Morgan fingerprint density at radius 1 is 1.33 bits per heavy atom. The molecule has 2 N–H and O–H groups in total. The van der Waals surface area contributed by atoms with Gasteiger partial charge in [0.1, 0.15) is 0 Å². The fourth-order valence-electron chi connectivity index (χ4n) is 2.55. The number of ether oxygens (including phenoxy) is 1. The predicted octanol–water partition coefficient (Wildman–Crippen LogP) is 1.40. The third kappa shape index (κ3) is 4.54. The highest BCUT2D eigenvalue weighted by Gasteiger charge is 2.47. The largest absolute Gasteiger partial charge is 0.469 e. The standard InChI is InChI=1S/C15H21NO4S/c1-20-14(17)8-15(5-6-15)11-21(18,19)10-13-4-2-3-12(7-13)9-16/h2-4,7H,5-6,8-11,16H2,1H3. The molecule has 0 aromatic heterocycles. The van der Waals surface area contributed by atoms with E-state index in [0.717, 1.165) is 24.0 Å². The number of sulfone groups is 1. The van der Waals surface area contributed by atoms with Crippen molar-refractivity contribution in [3.05, 3.63) is 35.4 Å². The number of nitrogens with two attached hydrogens (primary N) is 1. The number of hydrogen-bond acceptors (Lipinski definition) is 5. The van der Waals surface area contributed by atoms with Crippen LogP contribution < -0.4 is 5.73 Å². The zero-order valence-electron chi connectivity index (χ0n) is 12.2. The van der Waals surface area contributed by atoms with E-state index in [0.29, 0.717) is 6.54 Å². The van der Waals surface area contributed by atoms with Gasteiger partial charge in [0.25, 0.3) is 0 Å². The van der Waals surface area contributed by atoms with Gasteiger partial charge < -0.3 is 10.5 Å². The van der Waals surface area contributed by atoms with E-state index in [9.17, 15) is 13.2 Å². The summed E-state index contributed by atoms with van der Waals surface area (Å²) in [7, 11) is -1.93. The van der Waals surface area contributed by atoms with Crippen molar-refractivity contribution in [2.45, 2.75) is 31.6 Å². The summed E-state index contributed by atoms with van der Waals surface area (Å²) in [5.41, 5.74) is 6.82. The number of esters is 1. The maximum atomic E-state index is 12.3. The van der Waals surface area contributed by atoms with Crippen molar-refractivity contribution in [3.63, 3.8) is 0 Å². The summed E-state index contributed by atoms with van der Waals surface area (Å²) in [6.45, 7) is 0.389. The monoisotopic (exact) mass is 311 g/mol. The van der Waals surface area contributed by atoms with Crippen molar-refractivity contribution < 1.29 is 17.9 Å². The van der Waals surface area contributed by atoms with E-state index in [2.05, 4.69) is 4.74 Å². The second-order valence-electron chi connectivity index (χ2n) is 5.81. The highest BCUT2D eigenvalue weighted by molar-refractivity contribution is 7.90. The Kier molecular flexibility index (Phi) is 4.68. The molecule has 2 rings (SSSR count). The van der Waals surface area contributed by atoms with Gasteiger partial charge in [-0.3, -0.25) is 4.79 Å². The first-order valence-corrected chi connectivity index (χ1v) is 8.75. The number of carbonyl (C=O) groups excluding carboxylic acids is 1. The van der Waals surface area contributed by atoms with Crippen LogP contribution in [0.3, 0.4) is 0 Å². The molecule has 0 spiro atoms. The van der Waals surface area contributed by atoms with Crippen LogP contribution in [-0.2, 0) is 31.7 Å². The van der Waals surface area contributed by atoms with Crippen molar-refractivity contribution in [1.82, 2.24) is 0 Å². The second kappa shape index (κ2) is 6.15. The number of rotatable bonds is 7. The summed E-state index contributed by atoms with van der Waals surface area (Å²) < 4.78 is 29.3. The van der Waals surface area contributed by atoms with Crippen molar-refractivity contribution in [1.29, 1.82) is 0 Å². The lowest BCUT2D eigenvalue weighted by atomic mass is 10.1. The van der Waals surface area contributed by atoms with Crippen molar-refractivity contribution in [2.24, 2.45) is 11.1 Å². The molecule has 0 unspecified atom stereocenters. The summed E-state index contributed by atoms with van der Waals surface area (Å²) in [6.07, 6.45) is 1.72. The predicted molar refractivity (Wildman–Crippen MR) is 80.1 cm³/mol. The average Bonchev–Trinajstić information content (AvgIpc) is 3.16. The molecule has 116 valence electrons. The van der Waals surface area contributed by atoms with Crippen LogP contribution in [0, 0.1) is 5.41 Å². The lowest BCUT2D eigenvalue weighted by Gasteiger charge is -2.14. The Hall–Kier alpha value is -1.40. The Labute approximate surface area is 125 Å². The highest BCUT2D eigenvalue weighted by Crippen LogP contribution is 2.50. The first kappa shape index (κ1) is 16.0. The van der Waals surface area contributed by atoms with Gasteiger partial charge in [0.2, 0.25) is 0 Å². The molecule has 1 saturated carbocycles. The molecule has 0 bridgehead atoms. The van der Waals surface area contributed by atoms with E-state index in [1.807, 2.05) is 18.2 Å². The van der Waals surface area contributed by atoms with Crippen LogP contribution in [0.25, 0.3) is 0 Å². The number of carbonyl (C=O) groups is 1. The molecule has 0 radical (unpaired) electrons. The third-order valence-electron chi connectivity index (χ3n) is 3.84. The summed E-state index contributed by atoms with van der Waals surface area (Å²) in [5.74, 6) is -0.307. The first-order valence-electron chi connectivity index (χ1n) is 6.93. The molecule has 0 aliphatic heterocycles. The van der Waals surface area contributed by atoms with Gasteiger partial charge in [0.15, 0.2) is 9.84 Å². The van der Waals surface area contributed by atoms with E-state index in [1.165, 1.54) is 7.11 Å². The highest BCUT2D eigenvalue weighted by atomic mass is 32.2. The normalized spacial score (nSPS) is 16.5. The van der Waals surface area contributed by atoms with Gasteiger partial charge in [-0.2, -0.15) is 0 Å². The molecule has 0 saturated heterocycles. The number of benzene rings is 1. The molecule has 1 aliphatic rings. The minimum Gasteiger partial charge on any atom is -0.469 e. The summed E-state index contributed by atoms with van der Waals surface area (Å²) >= 11 is 0. The molecule has 1 aromatic carbocycles. The Balaban J connectivity index is 2.03. The van der Waals surface area contributed by atoms with Crippen LogP contribution in [0.4, 0.5) is 0 Å². The van der Waals surface area contributed by atoms with Gasteiger partial charge in [0, 0.05) is 6.54 Å². The van der Waals surface area contributed by atoms with E-state index in [1.54, 1.807) is 6.07 Å². The van der Waals surface area contributed by atoms with Gasteiger partial charge in [-0.15, -0.1) is 0 Å². The van der Waals surface area contributed by atoms with Crippen LogP contribution in [-0.4, -0.2) is 27.2 Å². The fraction of sp³-hybridized carbons (Fsp3) is 0.533. The fourth-order valence-corrected chi connectivity index (χ4v) is 4.66. The van der Waals surface area contributed by atoms with Gasteiger partial charge in [0.05, 0.1) is 25.0 Å². The van der Waals surface area contributed by atoms with Gasteiger partial charge in [-0.05, 0) is 29.4 Å². The molecule has 5 nitrogen and oxygen atoms in total. The molecule has 1 aromatic rings. The molecule has 1 fully saturated rings. The Morgan fingerprint density at radius 3 is 2.57 bits per heavy atom. The maximum Gasteiger partial charge on any atom is 0.306 e. The molecule has 21 heavy (non-hydrogen) atoms. The summed E-state index contributed by atoms with van der Waals surface area (Å²) in [5, 5.41) is 0. The average molecular weight is 311 g/mol. The van der Waals surface area contributed by atoms with E-state index < -0.39 is 15.3 Å². The molecule has 0 amide bonds. The molecule has 0 atom stereocenters. The third-order valence-corrected chi connectivity index (χ3v) is 5.67. The lowest BCUT2D eigenvalue weighted by Crippen LogP contribution is -2.22. The van der Waals surface area contributed by atoms with Gasteiger partial charge in [-0.1, -0.05) is 24.3 Å². The minimum absolute atomic E-state index is 0.0102. The zero-order chi connectivity index (χ0) is 15.5. The van der Waals surface area contributed by atoms with Crippen LogP contribution in [0.2, 0.25) is 0 Å². The van der Waals surface area contributed by atoms with E-state index in [4.69, 9.17) is 5.73 Å². The Morgan fingerprint density at radius 2 is 2.00 bits per heavy atom. The molecular formula is C15H21NO4S. The van der Waals surface area contributed by atoms with E-state index >= 15 is 0 Å². The van der Waals surface area contributed by atoms with Gasteiger partial charge in [-0.25, -0.2) is 8.42 Å². The van der Waals surface area contributed by atoms with Crippen LogP contribution in [0.15, 0.2) is 24.3 Å². The topological polar surface area (TPSA) is 86.5 Å². The Bertz CT molecular complexity index is 620. The van der Waals surface area contributed by atoms with Crippen molar-refractivity contribution in [2.75, 3.05) is 12.9 Å². The lowest BCUT2D eigenvalue weighted by molar-refractivity contribution is -0.141. The SMILES string of the molecule is COC(=O)CC1(CS(=O)(=O)Cc2cccc(CN)c2)CC1.